The summed E-state index contributed by atoms with van der Waals surface area (Å²) in [5, 5.41) is 0. The molecule has 0 N–H and O–H groups in total. The van der Waals surface area contributed by atoms with E-state index in [4.69, 9.17) is 0 Å². The zero-order valence-corrected chi connectivity index (χ0v) is 12.6. The summed E-state index contributed by atoms with van der Waals surface area (Å²) in [5.41, 5.74) is 3.11. The zero-order valence-electron chi connectivity index (χ0n) is 11.0. The van der Waals surface area contributed by atoms with Crippen LogP contribution in [0.25, 0.3) is 0 Å². The molecule has 2 atom stereocenters. The molecule has 0 saturated heterocycles. The molecule has 0 aliphatic heterocycles. The Bertz CT molecular complexity index is 316. The van der Waals surface area contributed by atoms with Gasteiger partial charge in [-0.25, -0.2) is 0 Å². The fraction of sp³-hybridized carbons (Fsp3) is 0.600. The highest BCUT2D eigenvalue weighted by molar-refractivity contribution is 9.09. The molecular formula is C15H23Br. The fourth-order valence-electron chi connectivity index (χ4n) is 1.68. The lowest BCUT2D eigenvalue weighted by Crippen LogP contribution is -2.12. The van der Waals surface area contributed by atoms with Gasteiger partial charge in [0.05, 0.1) is 0 Å². The van der Waals surface area contributed by atoms with Crippen LogP contribution in [0.4, 0.5) is 0 Å². The van der Waals surface area contributed by atoms with Crippen LogP contribution in [-0.2, 0) is 11.8 Å². The highest BCUT2D eigenvalue weighted by Crippen LogP contribution is 2.24. The molecule has 90 valence electrons. The molecule has 0 aliphatic rings. The van der Waals surface area contributed by atoms with Crippen LogP contribution in [0.15, 0.2) is 24.3 Å². The Morgan fingerprint density at radius 2 is 1.56 bits per heavy atom. The molecule has 1 aromatic rings. The third-order valence-corrected chi connectivity index (χ3v) is 4.06. The summed E-state index contributed by atoms with van der Waals surface area (Å²) in [6.45, 7) is 11.3. The second-order valence-electron chi connectivity index (χ2n) is 5.81. The number of alkyl halides is 1. The van der Waals surface area contributed by atoms with E-state index in [9.17, 15) is 0 Å². The maximum Gasteiger partial charge on any atom is 0.0146 e. The molecular weight excluding hydrogens is 260 g/mol. The summed E-state index contributed by atoms with van der Waals surface area (Å²) in [6.07, 6.45) is 1.15. The van der Waals surface area contributed by atoms with Crippen molar-refractivity contribution < 1.29 is 0 Å². The standard InChI is InChI=1S/C15H23Br/c1-11(12(2)16)10-13-6-8-14(9-7-13)15(3,4)5/h6-9,11-12H,10H2,1-5H3. The lowest BCUT2D eigenvalue weighted by molar-refractivity contribution is 0.576. The van der Waals surface area contributed by atoms with E-state index >= 15 is 0 Å². The smallest absolute Gasteiger partial charge is 0.0146 e. The molecule has 0 bridgehead atoms. The first-order valence-electron chi connectivity index (χ1n) is 6.04. The molecule has 0 heterocycles. The number of hydrogen-bond donors (Lipinski definition) is 0. The quantitative estimate of drug-likeness (QED) is 0.689. The molecule has 2 unspecified atom stereocenters. The zero-order chi connectivity index (χ0) is 12.3. The van der Waals surface area contributed by atoms with E-state index in [0.29, 0.717) is 10.7 Å². The van der Waals surface area contributed by atoms with Crippen molar-refractivity contribution >= 4 is 15.9 Å². The van der Waals surface area contributed by atoms with Gasteiger partial charge < -0.3 is 0 Å². The minimum absolute atomic E-state index is 0.257. The number of halogens is 1. The van der Waals surface area contributed by atoms with Crippen LogP contribution < -0.4 is 0 Å². The maximum atomic E-state index is 3.64. The highest BCUT2D eigenvalue weighted by Gasteiger charge is 2.14. The molecule has 0 nitrogen and oxygen atoms in total. The monoisotopic (exact) mass is 282 g/mol. The average Bonchev–Trinajstić information content (AvgIpc) is 2.17. The second-order valence-corrected chi connectivity index (χ2v) is 7.25. The first-order chi connectivity index (χ1) is 7.30. The van der Waals surface area contributed by atoms with Gasteiger partial charge in [-0.1, -0.05) is 74.8 Å². The summed E-state index contributed by atoms with van der Waals surface area (Å²) in [5.74, 6) is 0.681. The molecule has 0 saturated carbocycles. The van der Waals surface area contributed by atoms with E-state index in [2.05, 4.69) is 74.8 Å². The predicted molar refractivity (Wildman–Crippen MR) is 76.4 cm³/mol. The third-order valence-electron chi connectivity index (χ3n) is 3.16. The van der Waals surface area contributed by atoms with Crippen molar-refractivity contribution in [3.8, 4) is 0 Å². The first-order valence-corrected chi connectivity index (χ1v) is 6.96. The van der Waals surface area contributed by atoms with Gasteiger partial charge in [-0.05, 0) is 28.9 Å². The minimum Gasteiger partial charge on any atom is -0.0891 e. The van der Waals surface area contributed by atoms with Gasteiger partial charge in [-0.3, -0.25) is 0 Å². The van der Waals surface area contributed by atoms with Crippen LogP contribution in [0.5, 0.6) is 0 Å². The Morgan fingerprint density at radius 1 is 1.06 bits per heavy atom. The van der Waals surface area contributed by atoms with Crippen LogP contribution in [0, 0.1) is 5.92 Å². The summed E-state index contributed by atoms with van der Waals surface area (Å²) >= 11 is 3.64. The van der Waals surface area contributed by atoms with E-state index in [1.807, 2.05) is 0 Å². The summed E-state index contributed by atoms with van der Waals surface area (Å²) in [4.78, 5) is 0.579. The van der Waals surface area contributed by atoms with Gasteiger partial charge in [0.1, 0.15) is 0 Å². The first kappa shape index (κ1) is 13.8. The molecule has 0 fully saturated rings. The van der Waals surface area contributed by atoms with Crippen molar-refractivity contribution in [2.45, 2.75) is 51.3 Å². The Hall–Kier alpha value is -0.300. The lowest BCUT2D eigenvalue weighted by atomic mass is 9.86. The van der Waals surface area contributed by atoms with Crippen LogP contribution in [0.2, 0.25) is 0 Å². The largest absolute Gasteiger partial charge is 0.0891 e. The summed E-state index contributed by atoms with van der Waals surface area (Å²) < 4.78 is 0. The fourth-order valence-corrected chi connectivity index (χ4v) is 1.86. The van der Waals surface area contributed by atoms with Crippen molar-refractivity contribution in [1.82, 2.24) is 0 Å². The van der Waals surface area contributed by atoms with Gasteiger partial charge in [0.15, 0.2) is 0 Å². The second kappa shape index (κ2) is 5.35. The van der Waals surface area contributed by atoms with Crippen molar-refractivity contribution in [3.63, 3.8) is 0 Å². The Kier molecular flexibility index (Phi) is 4.61. The van der Waals surface area contributed by atoms with Crippen molar-refractivity contribution in [3.05, 3.63) is 35.4 Å². The van der Waals surface area contributed by atoms with Crippen LogP contribution in [-0.4, -0.2) is 4.83 Å². The molecule has 0 spiro atoms. The van der Waals surface area contributed by atoms with Crippen molar-refractivity contribution in [1.29, 1.82) is 0 Å². The normalized spacial score (nSPS) is 15.9. The van der Waals surface area contributed by atoms with E-state index in [1.54, 1.807) is 0 Å². The minimum atomic E-state index is 0.257. The SMILES string of the molecule is CC(Br)C(C)Cc1ccc(C(C)(C)C)cc1. The molecule has 0 radical (unpaired) electrons. The van der Waals surface area contributed by atoms with Crippen molar-refractivity contribution in [2.75, 3.05) is 0 Å². The highest BCUT2D eigenvalue weighted by atomic mass is 79.9. The topological polar surface area (TPSA) is 0 Å². The molecule has 0 aliphatic carbocycles. The van der Waals surface area contributed by atoms with E-state index in [0.717, 1.165) is 6.42 Å². The molecule has 0 aromatic heterocycles. The van der Waals surface area contributed by atoms with Gasteiger partial charge in [-0.2, -0.15) is 0 Å². The molecule has 1 aromatic carbocycles. The number of rotatable bonds is 3. The summed E-state index contributed by atoms with van der Waals surface area (Å²) in [7, 11) is 0. The van der Waals surface area contributed by atoms with Gasteiger partial charge in [0, 0.05) is 4.83 Å². The van der Waals surface area contributed by atoms with Gasteiger partial charge >= 0.3 is 0 Å². The molecule has 1 rings (SSSR count). The van der Waals surface area contributed by atoms with Gasteiger partial charge in [0.2, 0.25) is 0 Å². The van der Waals surface area contributed by atoms with Gasteiger partial charge in [0.25, 0.3) is 0 Å². The Labute approximate surface area is 109 Å². The van der Waals surface area contributed by atoms with E-state index < -0.39 is 0 Å². The van der Waals surface area contributed by atoms with Crippen LogP contribution >= 0.6 is 15.9 Å². The lowest BCUT2D eigenvalue weighted by Gasteiger charge is -2.20. The molecule has 0 amide bonds. The Balaban J connectivity index is 2.72. The number of hydrogen-bond acceptors (Lipinski definition) is 0. The average molecular weight is 283 g/mol. The van der Waals surface area contributed by atoms with Crippen molar-refractivity contribution in [2.24, 2.45) is 5.92 Å². The van der Waals surface area contributed by atoms with Crippen LogP contribution in [0.3, 0.4) is 0 Å². The Morgan fingerprint density at radius 3 is 1.94 bits per heavy atom. The molecule has 16 heavy (non-hydrogen) atoms. The number of benzene rings is 1. The van der Waals surface area contributed by atoms with E-state index in [-0.39, 0.29) is 5.41 Å². The van der Waals surface area contributed by atoms with Crippen LogP contribution in [0.1, 0.15) is 45.7 Å². The third kappa shape index (κ3) is 3.93. The van der Waals surface area contributed by atoms with E-state index in [1.165, 1.54) is 11.1 Å². The summed E-state index contributed by atoms with van der Waals surface area (Å²) in [6, 6.07) is 9.07. The predicted octanol–water partition coefficient (Wildman–Crippen LogP) is 4.95. The van der Waals surface area contributed by atoms with Gasteiger partial charge in [-0.15, -0.1) is 0 Å². The maximum absolute atomic E-state index is 3.64. The molecule has 1 heteroatoms.